The van der Waals surface area contributed by atoms with Crippen LogP contribution in [0.1, 0.15) is 21.5 Å². The number of carboxylic acid groups (broad SMARTS) is 1. The lowest BCUT2D eigenvalue weighted by atomic mass is 10.00. The Labute approximate surface area is 95.8 Å². The molecule has 0 amide bonds. The maximum absolute atomic E-state index is 12.5. The number of benzene rings is 1. The van der Waals surface area contributed by atoms with Gasteiger partial charge in [-0.15, -0.1) is 0 Å². The molecule has 0 aliphatic carbocycles. The summed E-state index contributed by atoms with van der Waals surface area (Å²) in [5.74, 6) is -2.01. The van der Waals surface area contributed by atoms with E-state index in [1.54, 1.807) is 0 Å². The molecule has 0 spiro atoms. The van der Waals surface area contributed by atoms with Crippen molar-refractivity contribution in [1.29, 1.82) is 0 Å². The molecular weight excluding hydrogens is 268 g/mol. The van der Waals surface area contributed by atoms with Crippen LogP contribution in [-0.2, 0) is 12.4 Å². The topological polar surface area (TPSA) is 63.3 Å². The molecule has 18 heavy (non-hydrogen) atoms. The fourth-order valence-corrected chi connectivity index (χ4v) is 1.35. The average molecular weight is 273 g/mol. The molecule has 0 aliphatic heterocycles. The summed E-state index contributed by atoms with van der Waals surface area (Å²) in [4.78, 5) is 10.5. The van der Waals surface area contributed by atoms with Crippen molar-refractivity contribution in [2.75, 3.05) is 5.73 Å². The minimum absolute atomic E-state index is 0.202. The molecule has 1 aromatic carbocycles. The average Bonchev–Trinajstić information content (AvgIpc) is 2.12. The zero-order valence-electron chi connectivity index (χ0n) is 8.36. The van der Waals surface area contributed by atoms with E-state index in [9.17, 15) is 31.1 Å². The van der Waals surface area contributed by atoms with Gasteiger partial charge in [-0.2, -0.15) is 26.3 Å². The molecule has 0 aliphatic rings. The quantitative estimate of drug-likeness (QED) is 0.610. The van der Waals surface area contributed by atoms with Crippen molar-refractivity contribution in [1.82, 2.24) is 0 Å². The van der Waals surface area contributed by atoms with Gasteiger partial charge < -0.3 is 10.8 Å². The van der Waals surface area contributed by atoms with Crippen molar-refractivity contribution < 1.29 is 36.2 Å². The van der Waals surface area contributed by atoms with Gasteiger partial charge in [0.2, 0.25) is 0 Å². The Kier molecular flexibility index (Phi) is 3.20. The number of carboxylic acids is 1. The molecule has 3 nitrogen and oxygen atoms in total. The molecule has 0 aromatic heterocycles. The van der Waals surface area contributed by atoms with Gasteiger partial charge >= 0.3 is 18.3 Å². The van der Waals surface area contributed by atoms with E-state index in [0.717, 1.165) is 0 Å². The molecule has 1 aromatic rings. The molecule has 3 N–H and O–H groups in total. The number of anilines is 1. The van der Waals surface area contributed by atoms with Gasteiger partial charge in [-0.1, -0.05) is 0 Å². The van der Waals surface area contributed by atoms with E-state index in [1.807, 2.05) is 0 Å². The Morgan fingerprint density at radius 1 is 1.06 bits per heavy atom. The summed E-state index contributed by atoms with van der Waals surface area (Å²) in [5, 5.41) is 8.51. The van der Waals surface area contributed by atoms with Gasteiger partial charge in [-0.05, 0) is 12.1 Å². The van der Waals surface area contributed by atoms with E-state index < -0.39 is 40.7 Å². The molecule has 0 fully saturated rings. The highest BCUT2D eigenvalue weighted by Gasteiger charge is 2.43. The van der Waals surface area contributed by atoms with Crippen LogP contribution >= 0.6 is 0 Å². The number of hydrogen-bond acceptors (Lipinski definition) is 2. The normalized spacial score (nSPS) is 12.6. The number of nitrogens with two attached hydrogens (primary N) is 1. The molecule has 1 rings (SSSR count). The highest BCUT2D eigenvalue weighted by Crippen LogP contribution is 2.42. The summed E-state index contributed by atoms with van der Waals surface area (Å²) < 4.78 is 74.6. The van der Waals surface area contributed by atoms with Crippen molar-refractivity contribution in [3.63, 3.8) is 0 Å². The fraction of sp³-hybridized carbons (Fsp3) is 0.222. The van der Waals surface area contributed by atoms with Crippen molar-refractivity contribution >= 4 is 11.7 Å². The fourth-order valence-electron chi connectivity index (χ4n) is 1.35. The highest BCUT2D eigenvalue weighted by atomic mass is 19.4. The van der Waals surface area contributed by atoms with Crippen LogP contribution in [-0.4, -0.2) is 11.1 Å². The van der Waals surface area contributed by atoms with Gasteiger partial charge in [0.1, 0.15) is 0 Å². The number of halogens is 6. The van der Waals surface area contributed by atoms with Gasteiger partial charge in [0, 0.05) is 0 Å². The molecule has 0 saturated carbocycles. The van der Waals surface area contributed by atoms with E-state index in [2.05, 4.69) is 0 Å². The summed E-state index contributed by atoms with van der Waals surface area (Å²) in [5.41, 5.74) is -1.90. The van der Waals surface area contributed by atoms with E-state index in [0.29, 0.717) is 0 Å². The zero-order chi connectivity index (χ0) is 14.3. The second-order valence-electron chi connectivity index (χ2n) is 3.25. The first kappa shape index (κ1) is 14.1. The minimum atomic E-state index is -5.29. The van der Waals surface area contributed by atoms with Crippen LogP contribution in [0.5, 0.6) is 0 Å². The van der Waals surface area contributed by atoms with Crippen LogP contribution in [0.3, 0.4) is 0 Å². The number of rotatable bonds is 1. The van der Waals surface area contributed by atoms with Crippen LogP contribution in [0.25, 0.3) is 0 Å². The first-order valence-electron chi connectivity index (χ1n) is 4.26. The van der Waals surface area contributed by atoms with Crippen LogP contribution in [0.4, 0.5) is 32.0 Å². The maximum Gasteiger partial charge on any atom is 0.419 e. The predicted octanol–water partition coefficient (Wildman–Crippen LogP) is 3.00. The van der Waals surface area contributed by atoms with Crippen molar-refractivity contribution in [3.8, 4) is 0 Å². The van der Waals surface area contributed by atoms with Gasteiger partial charge in [0.15, 0.2) is 0 Å². The van der Waals surface area contributed by atoms with E-state index >= 15 is 0 Å². The first-order valence-corrected chi connectivity index (χ1v) is 4.26. The third-order valence-corrected chi connectivity index (χ3v) is 2.06. The van der Waals surface area contributed by atoms with E-state index in [1.165, 1.54) is 0 Å². The van der Waals surface area contributed by atoms with Gasteiger partial charge in [0.25, 0.3) is 0 Å². The lowest BCUT2D eigenvalue weighted by molar-refractivity contribution is -0.142. The summed E-state index contributed by atoms with van der Waals surface area (Å²) in [6.45, 7) is 0. The Morgan fingerprint density at radius 3 is 1.89 bits per heavy atom. The third kappa shape index (κ3) is 2.49. The SMILES string of the molecule is Nc1c(C(F)(F)F)ccc(C(=O)O)c1C(F)(F)F. The third-order valence-electron chi connectivity index (χ3n) is 2.06. The second-order valence-corrected chi connectivity index (χ2v) is 3.25. The summed E-state index contributed by atoms with van der Waals surface area (Å²) in [7, 11) is 0. The smallest absolute Gasteiger partial charge is 0.419 e. The number of nitrogen functional groups attached to an aromatic ring is 1. The molecular formula is C9H5F6NO2. The number of hydrogen-bond donors (Lipinski definition) is 2. The van der Waals surface area contributed by atoms with E-state index in [4.69, 9.17) is 10.8 Å². The Morgan fingerprint density at radius 2 is 1.56 bits per heavy atom. The highest BCUT2D eigenvalue weighted by molar-refractivity contribution is 5.92. The van der Waals surface area contributed by atoms with Crippen LogP contribution < -0.4 is 5.73 Å². The van der Waals surface area contributed by atoms with Gasteiger partial charge in [-0.3, -0.25) is 0 Å². The van der Waals surface area contributed by atoms with Gasteiger partial charge in [0.05, 0.1) is 22.4 Å². The Bertz CT molecular complexity index is 491. The van der Waals surface area contributed by atoms with Crippen LogP contribution in [0, 0.1) is 0 Å². The van der Waals surface area contributed by atoms with E-state index in [-0.39, 0.29) is 12.1 Å². The zero-order valence-corrected chi connectivity index (χ0v) is 8.36. The molecule has 0 heterocycles. The summed E-state index contributed by atoms with van der Waals surface area (Å²) in [6, 6.07) is 0.429. The van der Waals surface area contributed by atoms with Crippen molar-refractivity contribution in [2.24, 2.45) is 0 Å². The standard InChI is InChI=1S/C9H5F6NO2/c10-8(11,12)4-2-1-3(7(17)18)5(6(4)16)9(13,14)15/h1-2H,16H2,(H,17,18). The lowest BCUT2D eigenvalue weighted by Crippen LogP contribution is -2.20. The number of carbonyl (C=O) groups is 1. The molecule has 0 bridgehead atoms. The Balaban J connectivity index is 3.67. The monoisotopic (exact) mass is 273 g/mol. The first-order chi connectivity index (χ1) is 7.96. The molecule has 9 heteroatoms. The molecule has 0 saturated heterocycles. The minimum Gasteiger partial charge on any atom is -0.478 e. The summed E-state index contributed by atoms with van der Waals surface area (Å²) in [6.07, 6.45) is -10.4. The predicted molar refractivity (Wildman–Crippen MR) is 47.8 cm³/mol. The van der Waals surface area contributed by atoms with Crippen LogP contribution in [0.2, 0.25) is 0 Å². The second kappa shape index (κ2) is 4.07. The van der Waals surface area contributed by atoms with Crippen molar-refractivity contribution in [2.45, 2.75) is 12.4 Å². The lowest BCUT2D eigenvalue weighted by Gasteiger charge is -2.17. The largest absolute Gasteiger partial charge is 0.478 e. The Hall–Kier alpha value is -1.93. The van der Waals surface area contributed by atoms with Crippen molar-refractivity contribution in [3.05, 3.63) is 28.8 Å². The summed E-state index contributed by atoms with van der Waals surface area (Å²) >= 11 is 0. The molecule has 0 radical (unpaired) electrons. The maximum atomic E-state index is 12.5. The number of aromatic carboxylic acids is 1. The number of alkyl halides is 6. The molecule has 0 unspecified atom stereocenters. The van der Waals surface area contributed by atoms with Crippen LogP contribution in [0.15, 0.2) is 12.1 Å². The van der Waals surface area contributed by atoms with Gasteiger partial charge in [-0.25, -0.2) is 4.79 Å². The molecule has 0 atom stereocenters. The molecule has 100 valence electrons.